The number of unbranched alkanes of at least 4 members (excludes halogenated alkanes) is 1. The molecule has 0 atom stereocenters. The van der Waals surface area contributed by atoms with Crippen LogP contribution in [-0.2, 0) is 0 Å². The molecule has 0 bridgehead atoms. The number of benzene rings is 2. The molecule has 0 aromatic heterocycles. The largest absolute Gasteiger partial charge is 0.296 e. The Labute approximate surface area is 141 Å². The fourth-order valence-electron chi connectivity index (χ4n) is 2.34. The van der Waals surface area contributed by atoms with E-state index in [4.69, 9.17) is 0 Å². The maximum atomic E-state index is 13.5. The number of fused-ring (bicyclic) bond motifs is 1. The second kappa shape index (κ2) is 6.87. The molecule has 0 saturated heterocycles. The zero-order valence-corrected chi connectivity index (χ0v) is 14.2. The van der Waals surface area contributed by atoms with Gasteiger partial charge < -0.3 is 0 Å². The van der Waals surface area contributed by atoms with Crippen molar-refractivity contribution < 1.29 is 8.78 Å². The van der Waals surface area contributed by atoms with Gasteiger partial charge in [-0.3, -0.25) is 8.61 Å². The van der Waals surface area contributed by atoms with Crippen LogP contribution in [0.4, 0.5) is 25.8 Å². The van der Waals surface area contributed by atoms with Crippen LogP contribution >= 0.6 is 28.1 Å². The third kappa shape index (κ3) is 3.08. The van der Waals surface area contributed by atoms with Crippen LogP contribution < -0.4 is 8.61 Å². The first kappa shape index (κ1) is 15.6. The Morgan fingerprint density at radius 3 is 2.45 bits per heavy atom. The van der Waals surface area contributed by atoms with Gasteiger partial charge in [-0.25, -0.2) is 8.78 Å². The summed E-state index contributed by atoms with van der Waals surface area (Å²) in [5, 5.41) is 0.986. The average Bonchev–Trinajstić information content (AvgIpc) is 2.90. The topological polar surface area (TPSA) is 6.48 Å². The Hall–Kier alpha value is -1.27. The number of hydrogen-bond donors (Lipinski definition) is 0. The van der Waals surface area contributed by atoms with Crippen molar-refractivity contribution in [2.45, 2.75) is 12.8 Å². The molecule has 2 aromatic rings. The molecular formula is C16H15BrF2N2S. The zero-order valence-electron chi connectivity index (χ0n) is 11.8. The van der Waals surface area contributed by atoms with E-state index in [9.17, 15) is 8.78 Å². The van der Waals surface area contributed by atoms with E-state index in [1.54, 1.807) is 6.07 Å². The van der Waals surface area contributed by atoms with Crippen LogP contribution in [0, 0.1) is 11.6 Å². The Balaban J connectivity index is 1.88. The van der Waals surface area contributed by atoms with E-state index in [1.807, 2.05) is 22.5 Å². The van der Waals surface area contributed by atoms with Crippen molar-refractivity contribution in [2.24, 2.45) is 0 Å². The summed E-state index contributed by atoms with van der Waals surface area (Å²) in [7, 11) is 0. The van der Waals surface area contributed by atoms with Crippen molar-refractivity contribution in [3.8, 4) is 0 Å². The van der Waals surface area contributed by atoms with Gasteiger partial charge in [-0.2, -0.15) is 0 Å². The lowest BCUT2D eigenvalue weighted by molar-refractivity contribution is 0.509. The van der Waals surface area contributed by atoms with Crippen LogP contribution in [0.15, 0.2) is 42.5 Å². The van der Waals surface area contributed by atoms with E-state index in [-0.39, 0.29) is 0 Å². The van der Waals surface area contributed by atoms with Crippen molar-refractivity contribution in [1.82, 2.24) is 0 Å². The highest BCUT2D eigenvalue weighted by Crippen LogP contribution is 2.48. The average molecular weight is 385 g/mol. The number of anilines is 3. The third-order valence-electron chi connectivity index (χ3n) is 3.43. The molecule has 0 saturated carbocycles. The van der Waals surface area contributed by atoms with Gasteiger partial charge in [0.1, 0.15) is 0 Å². The fraction of sp³-hybridized carbons (Fsp3) is 0.250. The molecule has 0 radical (unpaired) electrons. The number of nitrogens with zero attached hydrogens (tertiary/aromatic N) is 2. The molecule has 2 aromatic carbocycles. The van der Waals surface area contributed by atoms with Gasteiger partial charge in [-0.15, -0.1) is 0 Å². The maximum Gasteiger partial charge on any atom is 0.160 e. The Kier molecular flexibility index (Phi) is 4.88. The lowest BCUT2D eigenvalue weighted by Crippen LogP contribution is -2.15. The summed E-state index contributed by atoms with van der Waals surface area (Å²) in [6.07, 6.45) is 2.17. The molecule has 1 aliphatic rings. The normalized spacial score (nSPS) is 13.6. The Morgan fingerprint density at radius 2 is 1.73 bits per heavy atom. The van der Waals surface area contributed by atoms with Gasteiger partial charge >= 0.3 is 0 Å². The highest BCUT2D eigenvalue weighted by molar-refractivity contribution is 9.09. The van der Waals surface area contributed by atoms with Gasteiger partial charge in [-0.1, -0.05) is 28.1 Å². The lowest BCUT2D eigenvalue weighted by Gasteiger charge is -2.19. The molecule has 116 valence electrons. The van der Waals surface area contributed by atoms with Gasteiger partial charge in [0.25, 0.3) is 0 Å². The standard InChI is InChI=1S/C16H15BrF2N2S/c17-9-3-4-10-20-15-5-1-2-6-16(15)21(22-20)12-7-8-13(18)14(19)11-12/h1-2,5-8,11H,3-4,9-10H2. The SMILES string of the molecule is Fc1ccc(N2SN(CCCCBr)c3ccccc32)cc1F. The van der Waals surface area contributed by atoms with Crippen LogP contribution in [0.5, 0.6) is 0 Å². The lowest BCUT2D eigenvalue weighted by atomic mass is 10.2. The fourth-order valence-corrected chi connectivity index (χ4v) is 3.84. The monoisotopic (exact) mass is 384 g/mol. The van der Waals surface area contributed by atoms with E-state index in [0.29, 0.717) is 5.69 Å². The molecular weight excluding hydrogens is 370 g/mol. The molecule has 3 rings (SSSR count). The molecule has 1 aliphatic heterocycles. The van der Waals surface area contributed by atoms with Gasteiger partial charge in [0, 0.05) is 17.9 Å². The minimum Gasteiger partial charge on any atom is -0.296 e. The van der Waals surface area contributed by atoms with Crippen molar-refractivity contribution >= 4 is 45.1 Å². The Morgan fingerprint density at radius 1 is 0.955 bits per heavy atom. The molecule has 0 spiro atoms. The van der Waals surface area contributed by atoms with Crippen LogP contribution in [-0.4, -0.2) is 11.9 Å². The molecule has 22 heavy (non-hydrogen) atoms. The summed E-state index contributed by atoms with van der Waals surface area (Å²) in [6.45, 7) is 0.910. The number of hydrogen-bond acceptors (Lipinski definition) is 3. The zero-order chi connectivity index (χ0) is 15.5. The van der Waals surface area contributed by atoms with Crippen LogP contribution in [0.1, 0.15) is 12.8 Å². The summed E-state index contributed by atoms with van der Waals surface area (Å²) in [5.74, 6) is -1.65. The first-order valence-corrected chi connectivity index (χ1v) is 8.91. The van der Waals surface area contributed by atoms with Crippen molar-refractivity contribution in [3.63, 3.8) is 0 Å². The molecule has 0 aliphatic carbocycles. The first-order chi connectivity index (χ1) is 10.7. The molecule has 0 fully saturated rings. The van der Waals surface area contributed by atoms with Crippen molar-refractivity contribution in [1.29, 1.82) is 0 Å². The van der Waals surface area contributed by atoms with Gasteiger partial charge in [0.05, 0.1) is 29.2 Å². The van der Waals surface area contributed by atoms with Gasteiger partial charge in [-0.05, 0) is 37.1 Å². The van der Waals surface area contributed by atoms with Crippen LogP contribution in [0.2, 0.25) is 0 Å². The minimum atomic E-state index is -0.826. The predicted molar refractivity (Wildman–Crippen MR) is 92.9 cm³/mol. The maximum absolute atomic E-state index is 13.5. The van der Waals surface area contributed by atoms with Crippen LogP contribution in [0.25, 0.3) is 0 Å². The summed E-state index contributed by atoms with van der Waals surface area (Å²) in [5.41, 5.74) is 2.74. The molecule has 0 amide bonds. The van der Waals surface area contributed by atoms with Gasteiger partial charge in [0.2, 0.25) is 0 Å². The van der Waals surface area contributed by atoms with E-state index in [1.165, 1.54) is 24.3 Å². The first-order valence-electron chi connectivity index (χ1n) is 7.06. The van der Waals surface area contributed by atoms with Gasteiger partial charge in [0.15, 0.2) is 11.6 Å². The summed E-state index contributed by atoms with van der Waals surface area (Å²) >= 11 is 4.96. The predicted octanol–water partition coefficient (Wildman–Crippen LogP) is 5.66. The Bertz CT molecular complexity index is 668. The minimum absolute atomic E-state index is 0.638. The number of para-hydroxylation sites is 2. The van der Waals surface area contributed by atoms with E-state index in [0.717, 1.165) is 36.1 Å². The third-order valence-corrected chi connectivity index (χ3v) is 5.14. The van der Waals surface area contributed by atoms with Crippen molar-refractivity contribution in [2.75, 3.05) is 20.5 Å². The quantitative estimate of drug-likeness (QED) is 0.373. The molecule has 1 heterocycles. The number of halogens is 3. The number of alkyl halides is 1. The molecule has 2 nitrogen and oxygen atoms in total. The summed E-state index contributed by atoms with van der Waals surface area (Å²) < 4.78 is 30.8. The highest BCUT2D eigenvalue weighted by atomic mass is 79.9. The smallest absolute Gasteiger partial charge is 0.160 e. The van der Waals surface area contributed by atoms with Crippen LogP contribution in [0.3, 0.4) is 0 Å². The molecule has 0 unspecified atom stereocenters. The van der Waals surface area contributed by atoms with Crippen molar-refractivity contribution in [3.05, 3.63) is 54.1 Å². The molecule has 6 heteroatoms. The summed E-state index contributed by atoms with van der Waals surface area (Å²) in [4.78, 5) is 0. The second-order valence-electron chi connectivity index (χ2n) is 4.96. The highest BCUT2D eigenvalue weighted by Gasteiger charge is 2.28. The number of rotatable bonds is 5. The van der Waals surface area contributed by atoms with E-state index < -0.39 is 11.6 Å². The second-order valence-corrected chi connectivity index (χ2v) is 6.72. The van der Waals surface area contributed by atoms with E-state index in [2.05, 4.69) is 26.3 Å². The molecule has 0 N–H and O–H groups in total. The van der Waals surface area contributed by atoms with E-state index >= 15 is 0 Å². The summed E-state index contributed by atoms with van der Waals surface area (Å²) in [6, 6.07) is 12.0.